The predicted molar refractivity (Wildman–Crippen MR) is 84.5 cm³/mol. The number of aromatic nitrogens is 1. The van der Waals surface area contributed by atoms with E-state index in [2.05, 4.69) is 4.98 Å². The Morgan fingerprint density at radius 2 is 1.67 bits per heavy atom. The number of hydrogen-bond donors (Lipinski definition) is 1. The highest BCUT2D eigenvalue weighted by molar-refractivity contribution is 7.10. The minimum absolute atomic E-state index is 0.249. The molecule has 4 heteroatoms. The van der Waals surface area contributed by atoms with Crippen molar-refractivity contribution in [2.24, 2.45) is 0 Å². The van der Waals surface area contributed by atoms with Crippen LogP contribution in [0.2, 0.25) is 0 Å². The third-order valence-electron chi connectivity index (χ3n) is 2.97. The van der Waals surface area contributed by atoms with E-state index in [0.717, 1.165) is 21.8 Å². The van der Waals surface area contributed by atoms with Crippen molar-refractivity contribution in [1.29, 1.82) is 0 Å². The number of phenolic OH excluding ortho intramolecular Hbond substituents is 1. The van der Waals surface area contributed by atoms with Gasteiger partial charge in [0.1, 0.15) is 16.6 Å². The van der Waals surface area contributed by atoms with Gasteiger partial charge in [-0.2, -0.15) is 0 Å². The molecule has 0 radical (unpaired) electrons. The zero-order valence-electron chi connectivity index (χ0n) is 11.0. The second kappa shape index (κ2) is 5.89. The standard InChI is InChI=1S/C17H12FNOS/c18-14-6-4-13(5-7-14)16-11-21-17(19-16)10-3-12-1-8-15(20)9-2-12/h1-11,20H. The lowest BCUT2D eigenvalue weighted by atomic mass is 10.2. The largest absolute Gasteiger partial charge is 0.508 e. The highest BCUT2D eigenvalue weighted by atomic mass is 32.1. The minimum Gasteiger partial charge on any atom is -0.508 e. The van der Waals surface area contributed by atoms with E-state index in [1.807, 2.05) is 29.7 Å². The SMILES string of the molecule is Oc1ccc(C=Cc2nc(-c3ccc(F)cc3)cs2)cc1. The van der Waals surface area contributed by atoms with Crippen molar-refractivity contribution in [1.82, 2.24) is 4.98 Å². The van der Waals surface area contributed by atoms with Crippen LogP contribution >= 0.6 is 11.3 Å². The van der Waals surface area contributed by atoms with Crippen molar-refractivity contribution in [3.8, 4) is 17.0 Å². The highest BCUT2D eigenvalue weighted by Gasteiger charge is 2.02. The van der Waals surface area contributed by atoms with E-state index < -0.39 is 0 Å². The molecule has 0 saturated heterocycles. The van der Waals surface area contributed by atoms with Gasteiger partial charge in [0.2, 0.25) is 0 Å². The maximum Gasteiger partial charge on any atom is 0.123 e. The summed E-state index contributed by atoms with van der Waals surface area (Å²) in [5.41, 5.74) is 2.73. The van der Waals surface area contributed by atoms with Gasteiger partial charge < -0.3 is 5.11 Å². The molecule has 1 N–H and O–H groups in total. The first-order valence-electron chi connectivity index (χ1n) is 6.39. The van der Waals surface area contributed by atoms with Crippen LogP contribution in [0.3, 0.4) is 0 Å². The summed E-state index contributed by atoms with van der Waals surface area (Å²) in [6.45, 7) is 0. The number of rotatable bonds is 3. The molecule has 0 fully saturated rings. The zero-order chi connectivity index (χ0) is 14.7. The molecule has 0 saturated carbocycles. The Morgan fingerprint density at radius 1 is 0.952 bits per heavy atom. The van der Waals surface area contributed by atoms with E-state index in [1.165, 1.54) is 23.5 Å². The minimum atomic E-state index is -0.249. The van der Waals surface area contributed by atoms with Crippen LogP contribution in [0.15, 0.2) is 53.9 Å². The number of thiazole rings is 1. The van der Waals surface area contributed by atoms with Crippen molar-refractivity contribution in [2.45, 2.75) is 0 Å². The van der Waals surface area contributed by atoms with E-state index in [1.54, 1.807) is 24.3 Å². The summed E-state index contributed by atoms with van der Waals surface area (Å²) < 4.78 is 12.9. The van der Waals surface area contributed by atoms with Crippen molar-refractivity contribution < 1.29 is 9.50 Å². The fraction of sp³-hybridized carbons (Fsp3) is 0. The molecule has 1 aromatic heterocycles. The molecule has 0 amide bonds. The molecule has 1 heterocycles. The Balaban J connectivity index is 1.78. The zero-order valence-corrected chi connectivity index (χ0v) is 11.8. The molecule has 0 aliphatic heterocycles. The fourth-order valence-electron chi connectivity index (χ4n) is 1.87. The monoisotopic (exact) mass is 297 g/mol. The van der Waals surface area contributed by atoms with Crippen LogP contribution in [0.1, 0.15) is 10.6 Å². The van der Waals surface area contributed by atoms with Gasteiger partial charge in [-0.1, -0.05) is 18.2 Å². The van der Waals surface area contributed by atoms with E-state index >= 15 is 0 Å². The number of nitrogens with zero attached hydrogens (tertiary/aromatic N) is 1. The normalized spacial score (nSPS) is 11.1. The first-order chi connectivity index (χ1) is 10.2. The molecule has 2 nitrogen and oxygen atoms in total. The Bertz CT molecular complexity index is 760. The lowest BCUT2D eigenvalue weighted by Gasteiger charge is -1.95. The average molecular weight is 297 g/mol. The number of halogens is 1. The molecule has 0 aliphatic rings. The van der Waals surface area contributed by atoms with Gasteiger partial charge in [-0.3, -0.25) is 0 Å². The number of hydrogen-bond acceptors (Lipinski definition) is 3. The van der Waals surface area contributed by atoms with Gasteiger partial charge in [-0.25, -0.2) is 9.37 Å². The first kappa shape index (κ1) is 13.5. The van der Waals surface area contributed by atoms with Gasteiger partial charge in [-0.05, 0) is 48.0 Å². The molecule has 0 bridgehead atoms. The molecular formula is C17H12FNOS. The maximum atomic E-state index is 12.9. The average Bonchev–Trinajstić information content (AvgIpc) is 2.96. The van der Waals surface area contributed by atoms with Crippen LogP contribution in [-0.2, 0) is 0 Å². The highest BCUT2D eigenvalue weighted by Crippen LogP contribution is 2.23. The molecular weight excluding hydrogens is 285 g/mol. The molecule has 3 aromatic rings. The summed E-state index contributed by atoms with van der Waals surface area (Å²) in [5, 5.41) is 12.1. The van der Waals surface area contributed by atoms with Gasteiger partial charge >= 0.3 is 0 Å². The van der Waals surface area contributed by atoms with Crippen LogP contribution in [0, 0.1) is 5.82 Å². The third kappa shape index (κ3) is 3.35. The van der Waals surface area contributed by atoms with E-state index in [4.69, 9.17) is 0 Å². The van der Waals surface area contributed by atoms with Gasteiger partial charge in [0.25, 0.3) is 0 Å². The summed E-state index contributed by atoms with van der Waals surface area (Å²) in [6, 6.07) is 13.3. The molecule has 2 aromatic carbocycles. The molecule has 21 heavy (non-hydrogen) atoms. The van der Waals surface area contributed by atoms with Crippen molar-refractivity contribution in [3.63, 3.8) is 0 Å². The number of phenols is 1. The number of benzene rings is 2. The van der Waals surface area contributed by atoms with Crippen LogP contribution < -0.4 is 0 Å². The molecule has 104 valence electrons. The van der Waals surface area contributed by atoms with Crippen molar-refractivity contribution in [3.05, 3.63) is 70.3 Å². The Kier molecular flexibility index (Phi) is 3.79. The molecule has 0 atom stereocenters. The van der Waals surface area contributed by atoms with Crippen molar-refractivity contribution >= 4 is 23.5 Å². The summed E-state index contributed by atoms with van der Waals surface area (Å²) >= 11 is 1.53. The number of aromatic hydroxyl groups is 1. The second-order valence-electron chi connectivity index (χ2n) is 4.50. The van der Waals surface area contributed by atoms with Crippen LogP contribution in [0.25, 0.3) is 23.4 Å². The van der Waals surface area contributed by atoms with Gasteiger partial charge in [0, 0.05) is 10.9 Å². The van der Waals surface area contributed by atoms with E-state index in [-0.39, 0.29) is 11.6 Å². The second-order valence-corrected chi connectivity index (χ2v) is 5.39. The quantitative estimate of drug-likeness (QED) is 0.751. The van der Waals surface area contributed by atoms with Crippen LogP contribution in [-0.4, -0.2) is 10.1 Å². The first-order valence-corrected chi connectivity index (χ1v) is 7.27. The van der Waals surface area contributed by atoms with Gasteiger partial charge in [-0.15, -0.1) is 11.3 Å². The topological polar surface area (TPSA) is 33.1 Å². The Hall–Kier alpha value is -2.46. The molecule has 3 rings (SSSR count). The third-order valence-corrected chi connectivity index (χ3v) is 3.78. The molecule has 0 spiro atoms. The van der Waals surface area contributed by atoms with E-state index in [9.17, 15) is 9.50 Å². The maximum absolute atomic E-state index is 12.9. The summed E-state index contributed by atoms with van der Waals surface area (Å²) in [5.74, 6) is 0.00132. The summed E-state index contributed by atoms with van der Waals surface area (Å²) in [6.07, 6.45) is 3.86. The Morgan fingerprint density at radius 3 is 2.38 bits per heavy atom. The van der Waals surface area contributed by atoms with Crippen molar-refractivity contribution in [2.75, 3.05) is 0 Å². The predicted octanol–water partition coefficient (Wildman–Crippen LogP) is 4.83. The lowest BCUT2D eigenvalue weighted by Crippen LogP contribution is -1.79. The molecule has 0 aliphatic carbocycles. The van der Waals surface area contributed by atoms with Crippen LogP contribution in [0.5, 0.6) is 5.75 Å². The summed E-state index contributed by atoms with van der Waals surface area (Å²) in [4.78, 5) is 4.50. The van der Waals surface area contributed by atoms with Gasteiger partial charge in [0.05, 0.1) is 5.69 Å². The van der Waals surface area contributed by atoms with Gasteiger partial charge in [0.15, 0.2) is 0 Å². The Labute approximate surface area is 125 Å². The smallest absolute Gasteiger partial charge is 0.123 e. The molecule has 0 unspecified atom stereocenters. The fourth-order valence-corrected chi connectivity index (χ4v) is 2.59. The van der Waals surface area contributed by atoms with E-state index in [0.29, 0.717) is 0 Å². The summed E-state index contributed by atoms with van der Waals surface area (Å²) in [7, 11) is 0. The lowest BCUT2D eigenvalue weighted by molar-refractivity contribution is 0.475. The van der Waals surface area contributed by atoms with Crippen LogP contribution in [0.4, 0.5) is 4.39 Å².